The highest BCUT2D eigenvalue weighted by molar-refractivity contribution is 5.73. The van der Waals surface area contributed by atoms with Gasteiger partial charge in [-0.1, -0.05) is 0 Å². The molecule has 0 radical (unpaired) electrons. The lowest BCUT2D eigenvalue weighted by Gasteiger charge is -2.50. The first kappa shape index (κ1) is 48.9. The lowest BCUT2D eigenvalue weighted by Crippen LogP contribution is -2.70. The molecule has 4 heterocycles. The lowest BCUT2D eigenvalue weighted by atomic mass is 9.94. The van der Waals surface area contributed by atoms with E-state index >= 15 is 0 Å². The smallest absolute Gasteiger partial charge is 0.217 e. The van der Waals surface area contributed by atoms with E-state index in [0.29, 0.717) is 0 Å². The fourth-order valence-electron chi connectivity index (χ4n) is 6.89. The minimum atomic E-state index is -2.22. The van der Waals surface area contributed by atoms with E-state index < -0.39 is 180 Å². The molecule has 0 unspecified atom stereocenters. The minimum absolute atomic E-state index is 0.120. The summed E-state index contributed by atoms with van der Waals surface area (Å²) < 4.78 is 45.3. The van der Waals surface area contributed by atoms with Crippen molar-refractivity contribution in [1.82, 2.24) is 5.32 Å². The Balaban J connectivity index is 1.68. The third-order valence-corrected chi connectivity index (χ3v) is 10.2. The molecule has 4 aliphatic heterocycles. The van der Waals surface area contributed by atoms with Crippen LogP contribution in [-0.2, 0) is 47.5 Å². The van der Waals surface area contributed by atoms with E-state index in [0.717, 1.165) is 6.92 Å². The molecule has 0 aromatic carbocycles. The maximum atomic E-state index is 12.6. The van der Waals surface area contributed by atoms with Crippen LogP contribution >= 0.6 is 0 Å². The molecule has 0 bridgehead atoms. The average Bonchev–Trinajstić information content (AvgIpc) is 3.20. The number of carbonyl (C=O) groups is 2. The van der Waals surface area contributed by atoms with E-state index in [9.17, 15) is 86.2 Å². The summed E-state index contributed by atoms with van der Waals surface area (Å²) in [6, 6.07) is -1.76. The highest BCUT2D eigenvalue weighted by Crippen LogP contribution is 2.35. The second-order valence-electron chi connectivity index (χ2n) is 14.3. The third kappa shape index (κ3) is 10.6. The maximum absolute atomic E-state index is 12.6. The highest BCUT2D eigenvalue weighted by atomic mass is 16.8. The van der Waals surface area contributed by atoms with E-state index in [-0.39, 0.29) is 6.29 Å². The predicted molar refractivity (Wildman–Crippen MR) is 178 cm³/mol. The van der Waals surface area contributed by atoms with Gasteiger partial charge in [-0.3, -0.25) is 4.79 Å². The third-order valence-electron chi connectivity index (χ3n) is 10.2. The zero-order chi connectivity index (χ0) is 43.3. The van der Waals surface area contributed by atoms with Crippen LogP contribution in [0.4, 0.5) is 0 Å². The van der Waals surface area contributed by atoms with Gasteiger partial charge in [0.05, 0.1) is 32.5 Å². The van der Waals surface area contributed by atoms with Crippen molar-refractivity contribution < 1.29 is 124 Å². The van der Waals surface area contributed by atoms with Gasteiger partial charge in [0.2, 0.25) is 5.91 Å². The molecule has 16 N–H and O–H groups in total. The molecule has 4 fully saturated rings. The van der Waals surface area contributed by atoms with Crippen molar-refractivity contribution in [2.45, 2.75) is 161 Å². The van der Waals surface area contributed by atoms with Gasteiger partial charge in [-0.15, -0.1) is 0 Å². The molecular weight excluding hydrogens is 798 g/mol. The van der Waals surface area contributed by atoms with Crippen LogP contribution in [-0.4, -0.2) is 262 Å². The zero-order valence-electron chi connectivity index (χ0n) is 31.1. The molecule has 0 saturated carbocycles. The number of rotatable bonds is 17. The molecular formula is C32H55NO25. The van der Waals surface area contributed by atoms with Gasteiger partial charge in [0.25, 0.3) is 0 Å². The Hall–Kier alpha value is -1.78. The predicted octanol–water partition coefficient (Wildman–Crippen LogP) is -10.9. The summed E-state index contributed by atoms with van der Waals surface area (Å²) in [5, 5.41) is 159. The van der Waals surface area contributed by atoms with Crippen molar-refractivity contribution in [3.8, 4) is 0 Å². The zero-order valence-corrected chi connectivity index (χ0v) is 31.1. The number of ether oxygens (including phenoxy) is 8. The Labute approximate surface area is 329 Å². The van der Waals surface area contributed by atoms with Gasteiger partial charge in [-0.2, -0.15) is 0 Å². The number of nitrogens with one attached hydrogen (secondary N) is 1. The van der Waals surface area contributed by atoms with Gasteiger partial charge >= 0.3 is 0 Å². The number of hydrogen-bond donors (Lipinski definition) is 16. The number of aliphatic hydroxyl groups excluding tert-OH is 15. The standard InChI is InChI=1S/C32H55NO25/c1-8-16(42)21(47)23(49)30(51-8)58-28-22(48)18(44)12(5-36)54-32(28)56-26-15(33-9(2)39)29(52-13(6-37)19(26)45)57-27-20(46)14(7-38)53-31(24(27)50)55-25(11(41)4-35)17(43)10(40)3-34/h3,8,10-32,35-38,40-50H,4-7H2,1-2H3,(H,33,39)/t8-,10-,11+,12+,13+,14+,15+,16+,17+,18-,19+,20-,21+,22-,23-,24+,25+,26+,27-,28+,29-,30-,31-,32-/m0/s1. The molecule has 4 rings (SSSR count). The number of aliphatic hydroxyl groups is 15. The molecule has 4 aliphatic rings. The fraction of sp³-hybridized carbons (Fsp3) is 0.938. The Kier molecular flexibility index (Phi) is 18.0. The summed E-state index contributed by atoms with van der Waals surface area (Å²) >= 11 is 0. The minimum Gasteiger partial charge on any atom is -0.394 e. The average molecular weight is 854 g/mol. The van der Waals surface area contributed by atoms with Crippen molar-refractivity contribution in [2.24, 2.45) is 0 Å². The summed E-state index contributed by atoms with van der Waals surface area (Å²) in [7, 11) is 0. The second-order valence-corrected chi connectivity index (χ2v) is 14.3. The first-order valence-corrected chi connectivity index (χ1v) is 18.2. The molecule has 26 nitrogen and oxygen atoms in total. The van der Waals surface area contributed by atoms with E-state index in [1.54, 1.807) is 0 Å². The van der Waals surface area contributed by atoms with Gasteiger partial charge in [0, 0.05) is 6.92 Å². The van der Waals surface area contributed by atoms with Crippen LogP contribution in [0, 0.1) is 0 Å². The van der Waals surface area contributed by atoms with Crippen LogP contribution in [0.5, 0.6) is 0 Å². The Morgan fingerprint density at radius 2 is 1.14 bits per heavy atom. The Morgan fingerprint density at radius 1 is 0.621 bits per heavy atom. The molecule has 0 aliphatic carbocycles. The number of amides is 1. The van der Waals surface area contributed by atoms with Crippen LogP contribution in [0.3, 0.4) is 0 Å². The van der Waals surface area contributed by atoms with E-state index in [4.69, 9.17) is 37.9 Å². The van der Waals surface area contributed by atoms with Gasteiger partial charge in [-0.25, -0.2) is 0 Å². The van der Waals surface area contributed by atoms with Crippen molar-refractivity contribution in [3.63, 3.8) is 0 Å². The number of carbonyl (C=O) groups excluding carboxylic acids is 2. The normalized spacial score (nSPS) is 45.8. The van der Waals surface area contributed by atoms with Crippen LogP contribution in [0.1, 0.15) is 13.8 Å². The van der Waals surface area contributed by atoms with Crippen LogP contribution in [0.15, 0.2) is 0 Å². The lowest BCUT2D eigenvalue weighted by molar-refractivity contribution is -0.387. The van der Waals surface area contributed by atoms with Crippen molar-refractivity contribution in [3.05, 3.63) is 0 Å². The van der Waals surface area contributed by atoms with E-state index in [1.165, 1.54) is 6.92 Å². The second kappa shape index (κ2) is 21.3. The molecule has 0 aromatic heterocycles. The summed E-state index contributed by atoms with van der Waals surface area (Å²) in [5.74, 6) is -0.849. The van der Waals surface area contributed by atoms with Gasteiger partial charge < -0.3 is 125 Å². The molecule has 24 atom stereocenters. The first-order chi connectivity index (χ1) is 27.3. The van der Waals surface area contributed by atoms with Gasteiger partial charge in [0.15, 0.2) is 31.4 Å². The van der Waals surface area contributed by atoms with Crippen molar-refractivity contribution >= 4 is 12.2 Å². The summed E-state index contributed by atoms with van der Waals surface area (Å²) in [6.07, 6.45) is -43.8. The molecule has 1 amide bonds. The Morgan fingerprint density at radius 3 is 1.69 bits per heavy atom. The molecule has 0 aromatic rings. The molecule has 338 valence electrons. The summed E-state index contributed by atoms with van der Waals surface area (Å²) in [6.45, 7) is -1.71. The quantitative estimate of drug-likeness (QED) is 0.0604. The van der Waals surface area contributed by atoms with Crippen molar-refractivity contribution in [1.29, 1.82) is 0 Å². The molecule has 26 heteroatoms. The van der Waals surface area contributed by atoms with Crippen LogP contribution in [0.25, 0.3) is 0 Å². The monoisotopic (exact) mass is 853 g/mol. The SMILES string of the molecule is CC(=O)N[C@H]1[C@H](O[C@H]2[C@@H](O)[C@@H](CO)O[C@@H](O[C@@H]([C@H](O)[C@@H](O)C=O)[C@H](O)CO)[C@@H]2O)O[C@H](CO)[C@@H](O)[C@@H]1O[C@@H]1O[C@H](CO)[C@H](O)[C@H](O)[C@H]1O[C@@H]1O[C@@H](C)[C@@H](O)[C@@H](O)[C@@H]1O. The van der Waals surface area contributed by atoms with Crippen LogP contribution < -0.4 is 5.32 Å². The summed E-state index contributed by atoms with van der Waals surface area (Å²) in [4.78, 5) is 23.7. The van der Waals surface area contributed by atoms with E-state index in [2.05, 4.69) is 5.32 Å². The first-order valence-electron chi connectivity index (χ1n) is 18.2. The van der Waals surface area contributed by atoms with E-state index in [1.807, 2.05) is 0 Å². The molecule has 0 spiro atoms. The topological polar surface area (TPSA) is 423 Å². The molecule has 4 saturated heterocycles. The largest absolute Gasteiger partial charge is 0.394 e. The maximum Gasteiger partial charge on any atom is 0.217 e. The van der Waals surface area contributed by atoms with Crippen molar-refractivity contribution in [2.75, 3.05) is 26.4 Å². The fourth-order valence-corrected chi connectivity index (χ4v) is 6.89. The number of hydrogen-bond acceptors (Lipinski definition) is 25. The molecule has 58 heavy (non-hydrogen) atoms. The Bertz CT molecular complexity index is 1290. The van der Waals surface area contributed by atoms with Gasteiger partial charge in [-0.05, 0) is 6.92 Å². The highest BCUT2D eigenvalue weighted by Gasteiger charge is 2.56. The number of aldehydes is 1. The summed E-state index contributed by atoms with van der Waals surface area (Å²) in [5.41, 5.74) is 0. The van der Waals surface area contributed by atoms with Crippen LogP contribution in [0.2, 0.25) is 0 Å². The van der Waals surface area contributed by atoms with Gasteiger partial charge in [0.1, 0.15) is 116 Å².